The van der Waals surface area contributed by atoms with Crippen LogP contribution in [0.25, 0.3) is 17.4 Å². The van der Waals surface area contributed by atoms with Crippen molar-refractivity contribution in [2.75, 3.05) is 23.3 Å². The molecule has 0 bridgehead atoms. The van der Waals surface area contributed by atoms with E-state index < -0.39 is 0 Å². The molecule has 1 aromatic heterocycles. The van der Waals surface area contributed by atoms with Crippen LogP contribution < -0.4 is 10.2 Å². The van der Waals surface area contributed by atoms with Gasteiger partial charge in [-0.25, -0.2) is 0 Å². The highest BCUT2D eigenvalue weighted by Gasteiger charge is 2.11. The number of piperidine rings is 1. The zero-order chi connectivity index (χ0) is 20.9. The predicted octanol–water partition coefficient (Wildman–Crippen LogP) is 6.55. The lowest BCUT2D eigenvalue weighted by atomic mass is 10.1. The Hall–Kier alpha value is -2.98. The molecular formula is C25H25ClN2O2. The fourth-order valence-electron chi connectivity index (χ4n) is 3.59. The van der Waals surface area contributed by atoms with E-state index in [9.17, 15) is 4.79 Å². The first-order valence-electron chi connectivity index (χ1n) is 10.3. The van der Waals surface area contributed by atoms with Crippen LogP contribution in [0.2, 0.25) is 5.02 Å². The summed E-state index contributed by atoms with van der Waals surface area (Å²) >= 11 is 6.19. The maximum Gasteiger partial charge on any atom is 0.248 e. The minimum Gasteiger partial charge on any atom is -0.457 e. The summed E-state index contributed by atoms with van der Waals surface area (Å²) in [6, 6.07) is 17.5. The van der Waals surface area contributed by atoms with Crippen LogP contribution in [-0.2, 0) is 4.79 Å². The van der Waals surface area contributed by atoms with Gasteiger partial charge in [0.05, 0.1) is 0 Å². The van der Waals surface area contributed by atoms with Gasteiger partial charge in [-0.1, -0.05) is 23.7 Å². The van der Waals surface area contributed by atoms with E-state index in [0.717, 1.165) is 29.9 Å². The Bertz CT molecular complexity index is 1050. The quantitative estimate of drug-likeness (QED) is 0.476. The average molecular weight is 421 g/mol. The fourth-order valence-corrected chi connectivity index (χ4v) is 3.77. The highest BCUT2D eigenvalue weighted by molar-refractivity contribution is 6.31. The van der Waals surface area contributed by atoms with E-state index in [4.69, 9.17) is 16.0 Å². The molecular weight excluding hydrogens is 396 g/mol. The lowest BCUT2D eigenvalue weighted by Gasteiger charge is -2.28. The molecule has 2 aromatic carbocycles. The smallest absolute Gasteiger partial charge is 0.248 e. The van der Waals surface area contributed by atoms with Crippen LogP contribution in [0.3, 0.4) is 0 Å². The predicted molar refractivity (Wildman–Crippen MR) is 124 cm³/mol. The van der Waals surface area contributed by atoms with Crippen LogP contribution in [-0.4, -0.2) is 19.0 Å². The molecule has 0 saturated carbocycles. The van der Waals surface area contributed by atoms with Gasteiger partial charge >= 0.3 is 0 Å². The van der Waals surface area contributed by atoms with Gasteiger partial charge in [0.2, 0.25) is 5.91 Å². The monoisotopic (exact) mass is 420 g/mol. The summed E-state index contributed by atoms with van der Waals surface area (Å²) in [5.74, 6) is 1.12. The number of carbonyl (C=O) groups excluding carboxylic acids is 1. The molecule has 0 aliphatic carbocycles. The molecule has 1 saturated heterocycles. The minimum atomic E-state index is -0.197. The Morgan fingerprint density at radius 2 is 1.80 bits per heavy atom. The number of halogens is 1. The molecule has 154 valence electrons. The van der Waals surface area contributed by atoms with Crippen molar-refractivity contribution in [1.29, 1.82) is 0 Å². The van der Waals surface area contributed by atoms with E-state index in [1.165, 1.54) is 31.0 Å². The van der Waals surface area contributed by atoms with Gasteiger partial charge in [0.15, 0.2) is 0 Å². The molecule has 0 atom stereocenters. The van der Waals surface area contributed by atoms with Gasteiger partial charge in [0.25, 0.3) is 0 Å². The largest absolute Gasteiger partial charge is 0.457 e. The summed E-state index contributed by atoms with van der Waals surface area (Å²) in [5, 5.41) is 3.59. The van der Waals surface area contributed by atoms with Gasteiger partial charge in [-0.3, -0.25) is 4.79 Å². The Labute approximate surface area is 182 Å². The second-order valence-electron chi connectivity index (χ2n) is 7.58. The van der Waals surface area contributed by atoms with E-state index in [1.807, 2.05) is 49.4 Å². The van der Waals surface area contributed by atoms with E-state index in [2.05, 4.69) is 22.3 Å². The summed E-state index contributed by atoms with van der Waals surface area (Å²) in [7, 11) is 0. The van der Waals surface area contributed by atoms with Gasteiger partial charge in [0.1, 0.15) is 11.5 Å². The Morgan fingerprint density at radius 1 is 1.03 bits per heavy atom. The summed E-state index contributed by atoms with van der Waals surface area (Å²) < 4.78 is 5.82. The van der Waals surface area contributed by atoms with Crippen molar-refractivity contribution in [2.24, 2.45) is 0 Å². The van der Waals surface area contributed by atoms with E-state index in [0.29, 0.717) is 16.5 Å². The highest BCUT2D eigenvalue weighted by atomic mass is 35.5. The topological polar surface area (TPSA) is 45.5 Å². The first-order chi connectivity index (χ1) is 14.6. The normalized spacial score (nSPS) is 14.3. The number of nitrogens with one attached hydrogen (secondary N) is 1. The maximum absolute atomic E-state index is 12.3. The summed E-state index contributed by atoms with van der Waals surface area (Å²) in [6.07, 6.45) is 6.94. The number of hydrogen-bond acceptors (Lipinski definition) is 3. The molecule has 1 N–H and O–H groups in total. The second kappa shape index (κ2) is 9.23. The number of amides is 1. The average Bonchev–Trinajstić information content (AvgIpc) is 3.24. The van der Waals surface area contributed by atoms with Crippen molar-refractivity contribution in [3.63, 3.8) is 0 Å². The number of hydrogen-bond donors (Lipinski definition) is 1. The number of anilines is 2. The van der Waals surface area contributed by atoms with Crippen molar-refractivity contribution in [3.05, 3.63) is 77.0 Å². The van der Waals surface area contributed by atoms with Crippen molar-refractivity contribution in [2.45, 2.75) is 26.2 Å². The third-order valence-corrected chi connectivity index (χ3v) is 5.75. The highest BCUT2D eigenvalue weighted by Crippen LogP contribution is 2.27. The van der Waals surface area contributed by atoms with Gasteiger partial charge in [0, 0.05) is 41.1 Å². The molecule has 4 rings (SSSR count). The van der Waals surface area contributed by atoms with Crippen LogP contribution in [0.1, 0.15) is 30.6 Å². The van der Waals surface area contributed by atoms with Crippen LogP contribution in [0.5, 0.6) is 0 Å². The van der Waals surface area contributed by atoms with Crippen molar-refractivity contribution >= 4 is 35.0 Å². The van der Waals surface area contributed by atoms with Crippen LogP contribution in [0.15, 0.2) is 65.1 Å². The second-order valence-corrected chi connectivity index (χ2v) is 7.99. The summed E-state index contributed by atoms with van der Waals surface area (Å²) in [6.45, 7) is 4.17. The van der Waals surface area contributed by atoms with E-state index in [1.54, 1.807) is 6.08 Å². The van der Waals surface area contributed by atoms with Crippen LogP contribution in [0, 0.1) is 6.92 Å². The van der Waals surface area contributed by atoms with E-state index >= 15 is 0 Å². The third kappa shape index (κ3) is 4.95. The molecule has 2 heterocycles. The zero-order valence-corrected chi connectivity index (χ0v) is 17.8. The molecule has 1 amide bonds. The molecule has 0 spiro atoms. The molecule has 1 aliphatic heterocycles. The number of furan rings is 1. The number of rotatable bonds is 5. The van der Waals surface area contributed by atoms with Crippen LogP contribution in [0.4, 0.5) is 11.4 Å². The van der Waals surface area contributed by atoms with Crippen LogP contribution >= 0.6 is 11.6 Å². The summed E-state index contributed by atoms with van der Waals surface area (Å²) in [4.78, 5) is 14.7. The van der Waals surface area contributed by atoms with Crippen molar-refractivity contribution in [3.8, 4) is 11.3 Å². The molecule has 5 heteroatoms. The lowest BCUT2D eigenvalue weighted by molar-refractivity contribution is -0.111. The molecule has 1 aliphatic rings. The first kappa shape index (κ1) is 20.3. The Balaban J connectivity index is 1.36. The van der Waals surface area contributed by atoms with Gasteiger partial charge < -0.3 is 14.6 Å². The number of nitrogens with zero attached hydrogens (tertiary/aromatic N) is 1. The SMILES string of the molecule is Cc1ccc(-c2ccc(/C=C/C(=O)Nc3ccc(N4CCCCC4)cc3)o2)cc1Cl. The Kier molecular flexibility index (Phi) is 6.24. The number of aryl methyl sites for hydroxylation is 1. The minimum absolute atomic E-state index is 0.197. The van der Waals surface area contributed by atoms with Gasteiger partial charge in [-0.2, -0.15) is 0 Å². The standard InChI is InChI=1S/C25H25ClN2O2/c1-18-5-6-19(17-23(18)26)24-13-11-22(30-24)12-14-25(29)27-20-7-9-21(10-8-20)28-15-3-2-4-16-28/h5-14,17H,2-4,15-16H2,1H3,(H,27,29)/b14-12+. The number of carbonyl (C=O) groups is 1. The molecule has 1 fully saturated rings. The molecule has 4 nitrogen and oxygen atoms in total. The first-order valence-corrected chi connectivity index (χ1v) is 10.7. The van der Waals surface area contributed by atoms with Crippen molar-refractivity contribution < 1.29 is 9.21 Å². The molecule has 0 radical (unpaired) electrons. The van der Waals surface area contributed by atoms with Crippen molar-refractivity contribution in [1.82, 2.24) is 0 Å². The van der Waals surface area contributed by atoms with E-state index in [-0.39, 0.29) is 5.91 Å². The van der Waals surface area contributed by atoms with Gasteiger partial charge in [-0.15, -0.1) is 0 Å². The lowest BCUT2D eigenvalue weighted by Crippen LogP contribution is -2.29. The Morgan fingerprint density at radius 3 is 2.53 bits per heavy atom. The maximum atomic E-state index is 12.3. The zero-order valence-electron chi connectivity index (χ0n) is 17.0. The summed E-state index contributed by atoms with van der Waals surface area (Å²) in [5.41, 5.74) is 3.92. The third-order valence-electron chi connectivity index (χ3n) is 5.34. The number of benzene rings is 2. The fraction of sp³-hybridized carbons (Fsp3) is 0.240. The molecule has 30 heavy (non-hydrogen) atoms. The molecule has 3 aromatic rings. The molecule has 0 unspecified atom stereocenters. The van der Waals surface area contributed by atoms with Gasteiger partial charge in [-0.05, 0) is 80.3 Å².